The lowest BCUT2D eigenvalue weighted by Gasteiger charge is -2.20. The Kier molecular flexibility index (Phi) is 3.41. The van der Waals surface area contributed by atoms with Crippen molar-refractivity contribution in [2.24, 2.45) is 7.05 Å². The van der Waals surface area contributed by atoms with Gasteiger partial charge in [0.1, 0.15) is 12.1 Å². The van der Waals surface area contributed by atoms with Crippen LogP contribution in [0.15, 0.2) is 30.7 Å². The number of nitrogens with zero attached hydrogens (tertiary/aromatic N) is 4. The molecule has 0 saturated carbocycles. The second-order valence-corrected chi connectivity index (χ2v) is 6.06. The van der Waals surface area contributed by atoms with Crippen LogP contribution in [0.5, 0.6) is 0 Å². The number of nitrogens with one attached hydrogen (secondary N) is 2. The van der Waals surface area contributed by atoms with E-state index in [-0.39, 0.29) is 11.9 Å². The standard InChI is InChI=1S/C17H18N6O/c1-10(11-3-5-14-12(7-11)4-6-15(24)22-14)21-16-13-8-20-23(2)17(13)19-9-18-16/h3,5,7-10H,4,6H2,1-2H3,(H,22,24)(H,18,19,21)/t10-/m1/s1. The van der Waals surface area contributed by atoms with Gasteiger partial charge in [-0.05, 0) is 30.5 Å². The maximum absolute atomic E-state index is 11.5. The summed E-state index contributed by atoms with van der Waals surface area (Å²) in [7, 11) is 1.86. The minimum Gasteiger partial charge on any atom is -0.363 e. The summed E-state index contributed by atoms with van der Waals surface area (Å²) >= 11 is 0. The van der Waals surface area contributed by atoms with Gasteiger partial charge in [-0.15, -0.1) is 0 Å². The third-order valence-corrected chi connectivity index (χ3v) is 4.41. The molecule has 1 aliphatic heterocycles. The maximum Gasteiger partial charge on any atom is 0.224 e. The van der Waals surface area contributed by atoms with E-state index >= 15 is 0 Å². The molecule has 2 aromatic heterocycles. The zero-order valence-electron chi connectivity index (χ0n) is 13.6. The van der Waals surface area contributed by atoms with Crippen molar-refractivity contribution in [3.8, 4) is 0 Å². The van der Waals surface area contributed by atoms with E-state index in [4.69, 9.17) is 0 Å². The van der Waals surface area contributed by atoms with E-state index in [1.807, 2.05) is 19.2 Å². The normalized spacial score (nSPS) is 15.0. The molecule has 7 nitrogen and oxygen atoms in total. The number of aryl methyl sites for hydroxylation is 2. The Hall–Kier alpha value is -2.96. The molecule has 7 heteroatoms. The van der Waals surface area contributed by atoms with Crippen LogP contribution < -0.4 is 10.6 Å². The van der Waals surface area contributed by atoms with Gasteiger partial charge in [0.05, 0.1) is 11.6 Å². The molecule has 122 valence electrons. The van der Waals surface area contributed by atoms with Gasteiger partial charge in [-0.25, -0.2) is 9.97 Å². The third-order valence-electron chi connectivity index (χ3n) is 4.41. The maximum atomic E-state index is 11.5. The van der Waals surface area contributed by atoms with E-state index in [0.29, 0.717) is 6.42 Å². The summed E-state index contributed by atoms with van der Waals surface area (Å²) in [6.45, 7) is 2.09. The van der Waals surface area contributed by atoms with Crippen LogP contribution in [0.1, 0.15) is 30.5 Å². The Morgan fingerprint density at radius 1 is 1.29 bits per heavy atom. The summed E-state index contributed by atoms with van der Waals surface area (Å²) in [5.41, 5.74) is 4.04. The molecular formula is C17H18N6O. The quantitative estimate of drug-likeness (QED) is 0.773. The lowest BCUT2D eigenvalue weighted by atomic mass is 9.98. The fourth-order valence-electron chi connectivity index (χ4n) is 3.04. The number of anilines is 2. The van der Waals surface area contributed by atoms with Crippen LogP contribution in [0.3, 0.4) is 0 Å². The van der Waals surface area contributed by atoms with Crippen molar-refractivity contribution in [1.29, 1.82) is 0 Å². The van der Waals surface area contributed by atoms with E-state index in [1.165, 1.54) is 5.56 Å². The Bertz CT molecular complexity index is 932. The minimum atomic E-state index is 0.0752. The third kappa shape index (κ3) is 2.47. The molecule has 0 radical (unpaired) electrons. The second-order valence-electron chi connectivity index (χ2n) is 6.06. The monoisotopic (exact) mass is 322 g/mol. The first-order valence-corrected chi connectivity index (χ1v) is 7.94. The fourth-order valence-corrected chi connectivity index (χ4v) is 3.04. The van der Waals surface area contributed by atoms with Crippen LogP contribution in [-0.2, 0) is 18.3 Å². The highest BCUT2D eigenvalue weighted by Crippen LogP contribution is 2.28. The van der Waals surface area contributed by atoms with E-state index in [1.54, 1.807) is 17.2 Å². The average Bonchev–Trinajstić information content (AvgIpc) is 2.97. The first-order valence-electron chi connectivity index (χ1n) is 7.94. The molecule has 0 bridgehead atoms. The highest BCUT2D eigenvalue weighted by atomic mass is 16.1. The average molecular weight is 322 g/mol. The molecule has 1 aromatic carbocycles. The van der Waals surface area contributed by atoms with Gasteiger partial charge in [0.25, 0.3) is 0 Å². The molecule has 1 aliphatic rings. The SMILES string of the molecule is C[C@@H](Nc1ncnc2c1cnn2C)c1ccc2c(c1)CCC(=O)N2. The molecule has 3 heterocycles. The van der Waals surface area contributed by atoms with Gasteiger partial charge in [-0.2, -0.15) is 5.10 Å². The molecule has 0 fully saturated rings. The number of rotatable bonds is 3. The lowest BCUT2D eigenvalue weighted by molar-refractivity contribution is -0.116. The summed E-state index contributed by atoms with van der Waals surface area (Å²) in [6, 6.07) is 6.23. The number of benzene rings is 1. The first-order chi connectivity index (χ1) is 11.6. The highest BCUT2D eigenvalue weighted by molar-refractivity contribution is 5.94. The number of fused-ring (bicyclic) bond motifs is 2. The van der Waals surface area contributed by atoms with Gasteiger partial charge < -0.3 is 10.6 Å². The van der Waals surface area contributed by atoms with Crippen molar-refractivity contribution in [2.45, 2.75) is 25.8 Å². The first kappa shape index (κ1) is 14.6. The molecule has 1 amide bonds. The number of amides is 1. The number of hydrogen-bond acceptors (Lipinski definition) is 5. The number of carbonyl (C=O) groups is 1. The zero-order valence-corrected chi connectivity index (χ0v) is 13.6. The topological polar surface area (TPSA) is 84.7 Å². The molecule has 0 aliphatic carbocycles. The van der Waals surface area contributed by atoms with Crippen molar-refractivity contribution in [2.75, 3.05) is 10.6 Å². The Labute approximate surface area is 139 Å². The number of hydrogen-bond donors (Lipinski definition) is 2. The van der Waals surface area contributed by atoms with Gasteiger partial charge in [0.2, 0.25) is 5.91 Å². The van der Waals surface area contributed by atoms with Crippen molar-refractivity contribution >= 4 is 28.4 Å². The van der Waals surface area contributed by atoms with Crippen molar-refractivity contribution in [3.05, 3.63) is 41.9 Å². The van der Waals surface area contributed by atoms with Crippen molar-refractivity contribution < 1.29 is 4.79 Å². The van der Waals surface area contributed by atoms with Crippen molar-refractivity contribution in [1.82, 2.24) is 19.7 Å². The molecule has 0 saturated heterocycles. The molecule has 3 aromatic rings. The highest BCUT2D eigenvalue weighted by Gasteiger charge is 2.17. The molecular weight excluding hydrogens is 304 g/mol. The second kappa shape index (κ2) is 5.59. The van der Waals surface area contributed by atoms with Crippen LogP contribution in [0.25, 0.3) is 11.0 Å². The summed E-state index contributed by atoms with van der Waals surface area (Å²) in [5.74, 6) is 0.855. The van der Waals surface area contributed by atoms with Crippen LogP contribution in [0, 0.1) is 0 Å². The molecule has 2 N–H and O–H groups in total. The van der Waals surface area contributed by atoms with Gasteiger partial charge in [-0.3, -0.25) is 9.48 Å². The van der Waals surface area contributed by atoms with Crippen LogP contribution >= 0.6 is 0 Å². The fraction of sp³-hybridized carbons (Fsp3) is 0.294. The molecule has 24 heavy (non-hydrogen) atoms. The summed E-state index contributed by atoms with van der Waals surface area (Å²) < 4.78 is 1.73. The van der Waals surface area contributed by atoms with Gasteiger partial charge in [-0.1, -0.05) is 12.1 Å². The zero-order chi connectivity index (χ0) is 16.7. The van der Waals surface area contributed by atoms with Crippen LogP contribution in [0.2, 0.25) is 0 Å². The van der Waals surface area contributed by atoms with Gasteiger partial charge in [0.15, 0.2) is 5.65 Å². The Morgan fingerprint density at radius 3 is 3.04 bits per heavy atom. The van der Waals surface area contributed by atoms with E-state index < -0.39 is 0 Å². The number of carbonyl (C=O) groups excluding carboxylic acids is 1. The minimum absolute atomic E-state index is 0.0752. The molecule has 4 rings (SSSR count). The molecule has 0 unspecified atom stereocenters. The summed E-state index contributed by atoms with van der Waals surface area (Å²) in [6.07, 6.45) is 4.64. The smallest absolute Gasteiger partial charge is 0.224 e. The van der Waals surface area contributed by atoms with E-state index in [9.17, 15) is 4.79 Å². The predicted octanol–water partition coefficient (Wildman–Crippen LogP) is 2.42. The summed E-state index contributed by atoms with van der Waals surface area (Å²) in [4.78, 5) is 20.1. The van der Waals surface area contributed by atoms with E-state index in [2.05, 4.69) is 38.7 Å². The Morgan fingerprint density at radius 2 is 2.17 bits per heavy atom. The van der Waals surface area contributed by atoms with Gasteiger partial charge in [0, 0.05) is 25.2 Å². The largest absolute Gasteiger partial charge is 0.363 e. The van der Waals surface area contributed by atoms with Gasteiger partial charge >= 0.3 is 0 Å². The molecule has 1 atom stereocenters. The lowest BCUT2D eigenvalue weighted by Crippen LogP contribution is -2.19. The van der Waals surface area contributed by atoms with Crippen LogP contribution in [-0.4, -0.2) is 25.7 Å². The predicted molar refractivity (Wildman–Crippen MR) is 91.7 cm³/mol. The van der Waals surface area contributed by atoms with Crippen LogP contribution in [0.4, 0.5) is 11.5 Å². The van der Waals surface area contributed by atoms with E-state index in [0.717, 1.165) is 34.5 Å². The molecule has 0 spiro atoms. The Balaban J connectivity index is 1.62. The number of aromatic nitrogens is 4. The summed E-state index contributed by atoms with van der Waals surface area (Å²) in [5, 5.41) is 11.5. The van der Waals surface area contributed by atoms with Crippen molar-refractivity contribution in [3.63, 3.8) is 0 Å².